The van der Waals surface area contributed by atoms with Crippen molar-refractivity contribution in [3.05, 3.63) is 140 Å². The molecule has 4 aromatic heterocycles. The van der Waals surface area contributed by atoms with Crippen LogP contribution in [0.2, 0.25) is 0 Å². The van der Waals surface area contributed by atoms with Crippen LogP contribution in [0.5, 0.6) is 0 Å². The molecule has 3 nitrogen and oxygen atoms in total. The van der Waals surface area contributed by atoms with E-state index >= 15 is 0 Å². The van der Waals surface area contributed by atoms with Gasteiger partial charge in [0.1, 0.15) is 0 Å². The molecule has 4 heterocycles. The molecule has 5 heteroatoms. The third kappa shape index (κ3) is 3.75. The zero-order valence-electron chi connectivity index (χ0n) is 23.9. The second-order valence-corrected chi connectivity index (χ2v) is 13.5. The van der Waals surface area contributed by atoms with Crippen LogP contribution < -0.4 is 0 Å². The summed E-state index contributed by atoms with van der Waals surface area (Å²) in [6.45, 7) is 0. The Morgan fingerprint density at radius 1 is 0.444 bits per heavy atom. The first kappa shape index (κ1) is 25.0. The van der Waals surface area contributed by atoms with Gasteiger partial charge in [-0.15, -0.1) is 22.7 Å². The fourth-order valence-electron chi connectivity index (χ4n) is 6.75. The summed E-state index contributed by atoms with van der Waals surface area (Å²) in [7, 11) is 0. The van der Waals surface area contributed by atoms with Gasteiger partial charge in [0.25, 0.3) is 0 Å². The van der Waals surface area contributed by atoms with Crippen molar-refractivity contribution in [2.24, 2.45) is 0 Å². The third-order valence-electron chi connectivity index (χ3n) is 8.84. The molecule has 45 heavy (non-hydrogen) atoms. The average molecular weight is 610 g/mol. The van der Waals surface area contributed by atoms with Crippen LogP contribution in [0.3, 0.4) is 0 Å². The number of nitrogens with zero attached hydrogens (tertiary/aromatic N) is 3. The molecule has 0 atom stereocenters. The van der Waals surface area contributed by atoms with Crippen LogP contribution in [0.4, 0.5) is 0 Å². The highest BCUT2D eigenvalue weighted by Crippen LogP contribution is 2.42. The van der Waals surface area contributed by atoms with Crippen molar-refractivity contribution in [3.8, 4) is 28.3 Å². The molecule has 0 spiro atoms. The lowest BCUT2D eigenvalue weighted by Gasteiger charge is -2.10. The molecule has 0 amide bonds. The van der Waals surface area contributed by atoms with Gasteiger partial charge in [-0.05, 0) is 54.6 Å². The van der Waals surface area contributed by atoms with E-state index in [4.69, 9.17) is 9.97 Å². The maximum absolute atomic E-state index is 5.29. The molecular formula is C40H23N3S2. The SMILES string of the molecule is c1ccc2c(c1)sc1cc(-c3nc(-c4ccc(-n5c6ccccc6c6ccccc65)cc4)nc4c3sc3ccccc34)ccc12. The number of hydrogen-bond acceptors (Lipinski definition) is 4. The summed E-state index contributed by atoms with van der Waals surface area (Å²) in [5.74, 6) is 0.742. The minimum atomic E-state index is 0.742. The maximum Gasteiger partial charge on any atom is 0.160 e. The Morgan fingerprint density at radius 2 is 1.02 bits per heavy atom. The zero-order valence-corrected chi connectivity index (χ0v) is 25.6. The van der Waals surface area contributed by atoms with Gasteiger partial charge in [0.2, 0.25) is 0 Å². The molecular weight excluding hydrogens is 587 g/mol. The van der Waals surface area contributed by atoms with E-state index in [0.29, 0.717) is 0 Å². The first-order valence-corrected chi connectivity index (χ1v) is 16.6. The summed E-state index contributed by atoms with van der Waals surface area (Å²) in [6.07, 6.45) is 0. The molecule has 10 aromatic rings. The molecule has 0 aliphatic heterocycles. The smallest absolute Gasteiger partial charge is 0.160 e. The maximum atomic E-state index is 5.29. The number of benzene rings is 6. The highest BCUT2D eigenvalue weighted by molar-refractivity contribution is 7.26. The minimum absolute atomic E-state index is 0.742. The molecule has 0 N–H and O–H groups in total. The lowest BCUT2D eigenvalue weighted by atomic mass is 10.1. The van der Waals surface area contributed by atoms with Gasteiger partial charge in [-0.3, -0.25) is 0 Å². The molecule has 0 fully saturated rings. The largest absolute Gasteiger partial charge is 0.309 e. The summed E-state index contributed by atoms with van der Waals surface area (Å²) in [5.41, 5.74) is 7.65. The summed E-state index contributed by atoms with van der Waals surface area (Å²) in [4.78, 5) is 10.5. The van der Waals surface area contributed by atoms with Crippen molar-refractivity contribution in [3.63, 3.8) is 0 Å². The standard InChI is InChI=1S/C40H23N3S2/c1-5-13-32-27(9-1)28-10-2-6-14-33(28)43(32)26-20-17-24(18-21-26)40-41-37(39-38(42-40)31-12-4-8-16-35(31)45-39)25-19-22-30-29-11-3-7-15-34(29)44-36(30)23-25/h1-23H. The van der Waals surface area contributed by atoms with Crippen molar-refractivity contribution in [2.45, 2.75) is 0 Å². The molecule has 0 saturated carbocycles. The van der Waals surface area contributed by atoms with Gasteiger partial charge in [0.15, 0.2) is 5.82 Å². The van der Waals surface area contributed by atoms with Gasteiger partial charge in [0, 0.05) is 57.8 Å². The molecule has 0 saturated heterocycles. The molecule has 10 rings (SSSR count). The predicted molar refractivity (Wildman–Crippen MR) is 193 cm³/mol. The summed E-state index contributed by atoms with van der Waals surface area (Å²) < 4.78 is 7.28. The van der Waals surface area contributed by atoms with Crippen molar-refractivity contribution < 1.29 is 0 Å². The second kappa shape index (κ2) is 9.57. The summed E-state index contributed by atoms with van der Waals surface area (Å²) >= 11 is 3.62. The van der Waals surface area contributed by atoms with E-state index in [1.807, 2.05) is 11.3 Å². The van der Waals surface area contributed by atoms with E-state index in [1.54, 1.807) is 11.3 Å². The normalized spacial score (nSPS) is 12.0. The van der Waals surface area contributed by atoms with Gasteiger partial charge in [0.05, 0.1) is 26.9 Å². The van der Waals surface area contributed by atoms with E-state index in [2.05, 4.69) is 144 Å². The topological polar surface area (TPSA) is 30.7 Å². The molecule has 6 aromatic carbocycles. The van der Waals surface area contributed by atoms with Crippen molar-refractivity contribution in [1.29, 1.82) is 0 Å². The first-order chi connectivity index (χ1) is 22.3. The monoisotopic (exact) mass is 609 g/mol. The number of rotatable bonds is 3. The highest BCUT2D eigenvalue weighted by atomic mass is 32.1. The Balaban J connectivity index is 1.16. The van der Waals surface area contributed by atoms with Crippen LogP contribution >= 0.6 is 22.7 Å². The Labute approximate surface area is 266 Å². The van der Waals surface area contributed by atoms with Crippen LogP contribution in [0, 0.1) is 0 Å². The fourth-order valence-corrected chi connectivity index (χ4v) is 9.05. The van der Waals surface area contributed by atoms with Gasteiger partial charge in [-0.2, -0.15) is 0 Å². The Kier molecular flexibility index (Phi) is 5.32. The number of thiophene rings is 2. The van der Waals surface area contributed by atoms with Gasteiger partial charge in [-0.25, -0.2) is 9.97 Å². The predicted octanol–water partition coefficient (Wildman–Crippen LogP) is 11.6. The van der Waals surface area contributed by atoms with Crippen LogP contribution in [0.15, 0.2) is 140 Å². The van der Waals surface area contributed by atoms with Crippen molar-refractivity contribution in [1.82, 2.24) is 14.5 Å². The average Bonchev–Trinajstić information content (AvgIpc) is 3.77. The molecule has 210 valence electrons. The quantitative estimate of drug-likeness (QED) is 0.199. The van der Waals surface area contributed by atoms with E-state index in [9.17, 15) is 0 Å². The highest BCUT2D eigenvalue weighted by Gasteiger charge is 2.18. The number of hydrogen-bond donors (Lipinski definition) is 0. The van der Waals surface area contributed by atoms with Crippen molar-refractivity contribution in [2.75, 3.05) is 0 Å². The molecule has 0 radical (unpaired) electrons. The Bertz CT molecular complexity index is 2710. The second-order valence-electron chi connectivity index (χ2n) is 11.4. The van der Waals surface area contributed by atoms with E-state index in [0.717, 1.165) is 38.5 Å². The van der Waals surface area contributed by atoms with Gasteiger partial charge < -0.3 is 4.57 Å². The summed E-state index contributed by atoms with van der Waals surface area (Å²) in [6, 6.07) is 49.9. The van der Waals surface area contributed by atoms with Gasteiger partial charge in [-0.1, -0.05) is 84.9 Å². The number of para-hydroxylation sites is 2. The lowest BCUT2D eigenvalue weighted by Crippen LogP contribution is -1.96. The number of aromatic nitrogens is 3. The molecule has 0 unspecified atom stereocenters. The van der Waals surface area contributed by atoms with E-state index < -0.39 is 0 Å². The fraction of sp³-hybridized carbons (Fsp3) is 0. The Morgan fingerprint density at radius 3 is 1.76 bits per heavy atom. The molecule has 0 aliphatic carbocycles. The Hall–Kier alpha value is -5.36. The first-order valence-electron chi connectivity index (χ1n) is 15.0. The number of fused-ring (bicyclic) bond motifs is 9. The van der Waals surface area contributed by atoms with Crippen LogP contribution in [0.1, 0.15) is 0 Å². The van der Waals surface area contributed by atoms with Crippen LogP contribution in [0.25, 0.3) is 90.6 Å². The minimum Gasteiger partial charge on any atom is -0.309 e. The van der Waals surface area contributed by atoms with Crippen LogP contribution in [-0.2, 0) is 0 Å². The van der Waals surface area contributed by atoms with E-state index in [-0.39, 0.29) is 0 Å². The van der Waals surface area contributed by atoms with Gasteiger partial charge >= 0.3 is 0 Å². The third-order valence-corrected chi connectivity index (χ3v) is 11.1. The molecule has 0 aliphatic rings. The van der Waals surface area contributed by atoms with E-state index in [1.165, 1.54) is 52.1 Å². The van der Waals surface area contributed by atoms with Crippen LogP contribution in [-0.4, -0.2) is 14.5 Å². The molecule has 0 bridgehead atoms. The lowest BCUT2D eigenvalue weighted by molar-refractivity contribution is 1.17. The van der Waals surface area contributed by atoms with Crippen molar-refractivity contribution >= 4 is 85.0 Å². The summed E-state index contributed by atoms with van der Waals surface area (Å²) in [5, 5.41) is 6.29. The zero-order chi connectivity index (χ0) is 29.5.